The second kappa shape index (κ2) is 8.28. The van der Waals surface area contributed by atoms with E-state index in [1.54, 1.807) is 12.0 Å². The standard InChI is InChI=1S/C26H23N3O2/c1-31-26-23(20-15-9-4-10-16-20)28-22(19-13-7-3-8-14-19)24-27-21(25(30)29(24)26)17-18-11-5-2-6-12-18/h2-16,21-22,26H,17H2,1H3. The maximum Gasteiger partial charge on any atom is 0.255 e. The van der Waals surface area contributed by atoms with Gasteiger partial charge in [0.25, 0.3) is 5.91 Å². The van der Waals surface area contributed by atoms with E-state index in [9.17, 15) is 4.79 Å². The molecule has 0 saturated heterocycles. The quantitative estimate of drug-likeness (QED) is 0.638. The zero-order valence-electron chi connectivity index (χ0n) is 17.3. The lowest BCUT2D eigenvalue weighted by Crippen LogP contribution is -2.53. The largest absolute Gasteiger partial charge is 0.355 e. The Morgan fingerprint density at radius 1 is 0.839 bits per heavy atom. The van der Waals surface area contributed by atoms with Crippen molar-refractivity contribution in [1.82, 2.24) is 4.90 Å². The van der Waals surface area contributed by atoms with E-state index in [1.807, 2.05) is 91.0 Å². The molecule has 2 aliphatic heterocycles. The molecule has 3 unspecified atom stereocenters. The summed E-state index contributed by atoms with van der Waals surface area (Å²) in [6.07, 6.45) is -0.0486. The first-order valence-corrected chi connectivity index (χ1v) is 10.4. The molecule has 5 rings (SSSR count). The highest BCUT2D eigenvalue weighted by molar-refractivity contribution is 6.17. The first-order valence-electron chi connectivity index (χ1n) is 10.4. The number of hydrogen-bond donors (Lipinski definition) is 0. The fraction of sp³-hybridized carbons (Fsp3) is 0.192. The summed E-state index contributed by atoms with van der Waals surface area (Å²) in [4.78, 5) is 25.2. The molecule has 5 nitrogen and oxygen atoms in total. The van der Waals surface area contributed by atoms with Gasteiger partial charge in [0.05, 0.1) is 5.71 Å². The van der Waals surface area contributed by atoms with Crippen LogP contribution in [-0.2, 0) is 16.0 Å². The summed E-state index contributed by atoms with van der Waals surface area (Å²) in [6.45, 7) is 0. The summed E-state index contributed by atoms with van der Waals surface area (Å²) in [5.74, 6) is 0.610. The molecule has 0 aromatic heterocycles. The molecule has 2 heterocycles. The van der Waals surface area contributed by atoms with Crippen LogP contribution in [0.2, 0.25) is 0 Å². The predicted octanol–water partition coefficient (Wildman–Crippen LogP) is 4.06. The van der Waals surface area contributed by atoms with Crippen LogP contribution < -0.4 is 0 Å². The van der Waals surface area contributed by atoms with Crippen molar-refractivity contribution in [3.63, 3.8) is 0 Å². The highest BCUT2D eigenvalue weighted by atomic mass is 16.5. The van der Waals surface area contributed by atoms with E-state index >= 15 is 0 Å². The molecule has 154 valence electrons. The summed E-state index contributed by atoms with van der Waals surface area (Å²) < 4.78 is 5.82. The van der Waals surface area contributed by atoms with Crippen molar-refractivity contribution in [1.29, 1.82) is 0 Å². The first kappa shape index (κ1) is 19.4. The Labute approximate surface area is 181 Å². The number of carbonyl (C=O) groups excluding carboxylic acids is 1. The number of fused-ring (bicyclic) bond motifs is 1. The Morgan fingerprint density at radius 2 is 1.45 bits per heavy atom. The number of amides is 1. The van der Waals surface area contributed by atoms with Crippen LogP contribution in [0.3, 0.4) is 0 Å². The molecule has 31 heavy (non-hydrogen) atoms. The lowest BCUT2D eigenvalue weighted by Gasteiger charge is -2.36. The highest BCUT2D eigenvalue weighted by Crippen LogP contribution is 2.34. The normalized spacial score (nSPS) is 22.7. The maximum atomic E-state index is 13.5. The molecule has 1 amide bonds. The van der Waals surface area contributed by atoms with Crippen LogP contribution in [0.4, 0.5) is 0 Å². The summed E-state index contributed by atoms with van der Waals surface area (Å²) >= 11 is 0. The average Bonchev–Trinajstić information content (AvgIpc) is 3.15. The number of hydrogen-bond acceptors (Lipinski definition) is 4. The van der Waals surface area contributed by atoms with E-state index in [2.05, 4.69) is 0 Å². The lowest BCUT2D eigenvalue weighted by atomic mass is 9.99. The van der Waals surface area contributed by atoms with Gasteiger partial charge in [-0.15, -0.1) is 0 Å². The Bertz CT molecular complexity index is 1130. The molecule has 0 N–H and O–H groups in total. The van der Waals surface area contributed by atoms with E-state index in [0.717, 1.165) is 22.4 Å². The zero-order chi connectivity index (χ0) is 21.2. The van der Waals surface area contributed by atoms with Crippen molar-refractivity contribution in [2.75, 3.05) is 7.11 Å². The third-order valence-electron chi connectivity index (χ3n) is 5.72. The lowest BCUT2D eigenvalue weighted by molar-refractivity contribution is -0.132. The fourth-order valence-electron chi connectivity index (χ4n) is 4.24. The third-order valence-corrected chi connectivity index (χ3v) is 5.72. The molecule has 3 aromatic rings. The Morgan fingerprint density at radius 3 is 2.10 bits per heavy atom. The number of carbonyl (C=O) groups is 1. The van der Waals surface area contributed by atoms with E-state index < -0.39 is 12.3 Å². The van der Waals surface area contributed by atoms with Crippen molar-refractivity contribution in [2.24, 2.45) is 9.98 Å². The Balaban J connectivity index is 1.60. The number of benzene rings is 3. The number of ether oxygens (including phenoxy) is 1. The van der Waals surface area contributed by atoms with E-state index in [0.29, 0.717) is 12.3 Å². The van der Waals surface area contributed by atoms with Crippen LogP contribution in [0, 0.1) is 0 Å². The Hall–Kier alpha value is -3.57. The summed E-state index contributed by atoms with van der Waals surface area (Å²) in [6, 6.07) is 29.1. The van der Waals surface area contributed by atoms with Gasteiger partial charge in [0, 0.05) is 19.1 Å². The second-order valence-corrected chi connectivity index (χ2v) is 7.68. The zero-order valence-corrected chi connectivity index (χ0v) is 17.3. The van der Waals surface area contributed by atoms with Crippen molar-refractivity contribution < 1.29 is 9.53 Å². The molecule has 3 atom stereocenters. The molecule has 5 heteroatoms. The van der Waals surface area contributed by atoms with Gasteiger partial charge in [-0.2, -0.15) is 0 Å². The number of aliphatic imine (C=N–C) groups is 2. The van der Waals surface area contributed by atoms with Gasteiger partial charge in [-0.1, -0.05) is 91.0 Å². The molecule has 3 aromatic carbocycles. The second-order valence-electron chi connectivity index (χ2n) is 7.68. The summed E-state index contributed by atoms with van der Waals surface area (Å²) in [5, 5.41) is 0. The van der Waals surface area contributed by atoms with Crippen LogP contribution in [0.1, 0.15) is 22.7 Å². The van der Waals surface area contributed by atoms with Gasteiger partial charge in [-0.25, -0.2) is 0 Å². The number of methoxy groups -OCH3 is 1. The van der Waals surface area contributed by atoms with E-state index in [1.165, 1.54) is 0 Å². The van der Waals surface area contributed by atoms with Gasteiger partial charge in [-0.05, 0) is 11.1 Å². The number of rotatable bonds is 5. The molecule has 0 bridgehead atoms. The predicted molar refractivity (Wildman–Crippen MR) is 121 cm³/mol. The molecule has 2 aliphatic rings. The highest BCUT2D eigenvalue weighted by Gasteiger charge is 2.47. The molecule has 0 saturated carbocycles. The molecule has 0 radical (unpaired) electrons. The summed E-state index contributed by atoms with van der Waals surface area (Å²) in [7, 11) is 1.61. The minimum absolute atomic E-state index is 0.0463. The van der Waals surface area contributed by atoms with Crippen molar-refractivity contribution >= 4 is 17.5 Å². The third kappa shape index (κ3) is 3.57. The van der Waals surface area contributed by atoms with Gasteiger partial charge in [0.1, 0.15) is 17.9 Å². The summed E-state index contributed by atoms with van der Waals surface area (Å²) in [5.41, 5.74) is 3.76. The molecule has 0 aliphatic carbocycles. The van der Waals surface area contributed by atoms with Gasteiger partial charge in [-0.3, -0.25) is 19.7 Å². The van der Waals surface area contributed by atoms with Gasteiger partial charge < -0.3 is 4.74 Å². The smallest absolute Gasteiger partial charge is 0.255 e. The minimum atomic E-state index is -0.602. The minimum Gasteiger partial charge on any atom is -0.355 e. The van der Waals surface area contributed by atoms with Crippen molar-refractivity contribution in [3.05, 3.63) is 108 Å². The van der Waals surface area contributed by atoms with E-state index in [-0.39, 0.29) is 11.9 Å². The molecular formula is C26H23N3O2. The first-order chi connectivity index (χ1) is 15.3. The van der Waals surface area contributed by atoms with Gasteiger partial charge in [0.2, 0.25) is 0 Å². The fourth-order valence-corrected chi connectivity index (χ4v) is 4.24. The SMILES string of the molecule is COC1C(c2ccccc2)=NC(c2ccccc2)C2=NC(Cc3ccccc3)C(=O)N21. The average molecular weight is 409 g/mol. The van der Waals surface area contributed by atoms with Crippen molar-refractivity contribution in [3.8, 4) is 0 Å². The van der Waals surface area contributed by atoms with Gasteiger partial charge >= 0.3 is 0 Å². The van der Waals surface area contributed by atoms with E-state index in [4.69, 9.17) is 14.7 Å². The maximum absolute atomic E-state index is 13.5. The van der Waals surface area contributed by atoms with Crippen molar-refractivity contribution in [2.45, 2.75) is 24.7 Å². The monoisotopic (exact) mass is 409 g/mol. The Kier molecular flexibility index (Phi) is 5.18. The van der Waals surface area contributed by atoms with Crippen LogP contribution in [0.25, 0.3) is 0 Å². The van der Waals surface area contributed by atoms with Crippen LogP contribution in [0.5, 0.6) is 0 Å². The van der Waals surface area contributed by atoms with Crippen LogP contribution in [-0.4, -0.2) is 41.7 Å². The molecule has 0 spiro atoms. The molecular weight excluding hydrogens is 386 g/mol. The topological polar surface area (TPSA) is 54.3 Å². The number of amidine groups is 1. The van der Waals surface area contributed by atoms with Crippen LogP contribution in [0.15, 0.2) is 101 Å². The van der Waals surface area contributed by atoms with Crippen LogP contribution >= 0.6 is 0 Å². The van der Waals surface area contributed by atoms with Gasteiger partial charge in [0.15, 0.2) is 6.23 Å². The molecule has 0 fully saturated rings. The number of nitrogens with zero attached hydrogens (tertiary/aromatic N) is 3.